The SMILES string of the molecule is CCCCN1C(=O)CCC(C(=O)N(C)Cc2ccc(Cl)nc2)C1c1ccccc1OC. The molecule has 31 heavy (non-hydrogen) atoms. The van der Waals surface area contributed by atoms with Crippen molar-refractivity contribution in [3.05, 3.63) is 58.9 Å². The van der Waals surface area contributed by atoms with E-state index in [0.717, 1.165) is 24.0 Å². The molecule has 1 aromatic carbocycles. The molecule has 1 saturated heterocycles. The number of methoxy groups -OCH3 is 1. The summed E-state index contributed by atoms with van der Waals surface area (Å²) in [6.45, 7) is 3.16. The molecule has 0 radical (unpaired) electrons. The molecule has 0 N–H and O–H groups in total. The summed E-state index contributed by atoms with van der Waals surface area (Å²) in [5.74, 6) is 0.472. The summed E-state index contributed by atoms with van der Waals surface area (Å²) >= 11 is 5.88. The number of hydrogen-bond acceptors (Lipinski definition) is 4. The van der Waals surface area contributed by atoms with Crippen LogP contribution in [0.25, 0.3) is 0 Å². The van der Waals surface area contributed by atoms with Crippen LogP contribution in [0, 0.1) is 5.92 Å². The van der Waals surface area contributed by atoms with E-state index in [-0.39, 0.29) is 23.8 Å². The molecule has 0 saturated carbocycles. The van der Waals surface area contributed by atoms with E-state index >= 15 is 0 Å². The fourth-order valence-corrected chi connectivity index (χ4v) is 4.35. The van der Waals surface area contributed by atoms with Gasteiger partial charge in [0, 0.05) is 38.3 Å². The molecule has 166 valence electrons. The van der Waals surface area contributed by atoms with Crippen LogP contribution in [0.1, 0.15) is 49.8 Å². The first-order chi connectivity index (χ1) is 15.0. The van der Waals surface area contributed by atoms with Crippen LogP contribution in [-0.4, -0.2) is 47.3 Å². The zero-order valence-electron chi connectivity index (χ0n) is 18.4. The second-order valence-corrected chi connectivity index (χ2v) is 8.34. The van der Waals surface area contributed by atoms with Gasteiger partial charge >= 0.3 is 0 Å². The summed E-state index contributed by atoms with van der Waals surface area (Å²) in [7, 11) is 3.42. The quantitative estimate of drug-likeness (QED) is 0.564. The number of nitrogens with zero attached hydrogens (tertiary/aromatic N) is 3. The maximum absolute atomic E-state index is 13.6. The maximum atomic E-state index is 13.6. The van der Waals surface area contributed by atoms with Crippen molar-refractivity contribution in [1.29, 1.82) is 0 Å². The minimum Gasteiger partial charge on any atom is -0.496 e. The standard InChI is InChI=1S/C24H30ClN3O3/c1-4-5-14-28-22(29)13-11-19(23(28)18-8-6-7-9-20(18)31-3)24(30)27(2)16-17-10-12-21(25)26-15-17/h6-10,12,15,19,23H,4-5,11,13-14,16H2,1-3H3. The molecule has 1 aromatic heterocycles. The summed E-state index contributed by atoms with van der Waals surface area (Å²) in [6, 6.07) is 10.9. The zero-order chi connectivity index (χ0) is 22.4. The number of carbonyl (C=O) groups is 2. The van der Waals surface area contributed by atoms with E-state index in [2.05, 4.69) is 11.9 Å². The third kappa shape index (κ3) is 5.37. The predicted octanol–water partition coefficient (Wildman–Crippen LogP) is 4.48. The van der Waals surface area contributed by atoms with E-state index in [9.17, 15) is 9.59 Å². The van der Waals surface area contributed by atoms with Crippen LogP contribution in [0.2, 0.25) is 5.15 Å². The molecular formula is C24H30ClN3O3. The van der Waals surface area contributed by atoms with Crippen molar-refractivity contribution in [2.24, 2.45) is 5.92 Å². The van der Waals surface area contributed by atoms with Crippen LogP contribution in [0.3, 0.4) is 0 Å². The van der Waals surface area contributed by atoms with E-state index in [1.165, 1.54) is 0 Å². The number of para-hydroxylation sites is 1. The van der Waals surface area contributed by atoms with Crippen molar-refractivity contribution in [3.63, 3.8) is 0 Å². The van der Waals surface area contributed by atoms with E-state index in [1.54, 1.807) is 31.3 Å². The number of likely N-dealkylation sites (tertiary alicyclic amines) is 1. The number of hydrogen-bond donors (Lipinski definition) is 0. The topological polar surface area (TPSA) is 62.7 Å². The van der Waals surface area contributed by atoms with Gasteiger partial charge in [0.2, 0.25) is 11.8 Å². The number of pyridine rings is 1. The van der Waals surface area contributed by atoms with E-state index < -0.39 is 0 Å². The van der Waals surface area contributed by atoms with Crippen LogP contribution in [-0.2, 0) is 16.1 Å². The van der Waals surface area contributed by atoms with Crippen molar-refractivity contribution >= 4 is 23.4 Å². The molecule has 2 heterocycles. The van der Waals surface area contributed by atoms with Crippen molar-refractivity contribution in [3.8, 4) is 5.75 Å². The Hall–Kier alpha value is -2.60. The van der Waals surface area contributed by atoms with E-state index in [0.29, 0.717) is 36.8 Å². The second kappa shape index (κ2) is 10.6. The van der Waals surface area contributed by atoms with Gasteiger partial charge in [-0.3, -0.25) is 9.59 Å². The Morgan fingerprint density at radius 1 is 1.29 bits per heavy atom. The van der Waals surface area contributed by atoms with E-state index in [1.807, 2.05) is 35.2 Å². The Morgan fingerprint density at radius 3 is 2.74 bits per heavy atom. The van der Waals surface area contributed by atoms with Crippen molar-refractivity contribution in [1.82, 2.24) is 14.8 Å². The smallest absolute Gasteiger partial charge is 0.228 e. The van der Waals surface area contributed by atoms with Crippen LogP contribution in [0.15, 0.2) is 42.6 Å². The summed E-state index contributed by atoms with van der Waals surface area (Å²) in [6.07, 6.45) is 4.45. The lowest BCUT2D eigenvalue weighted by Gasteiger charge is -2.42. The minimum absolute atomic E-state index is 0.0138. The van der Waals surface area contributed by atoms with Crippen molar-refractivity contribution < 1.29 is 14.3 Å². The summed E-state index contributed by atoms with van der Waals surface area (Å²) in [4.78, 5) is 34.2. The molecule has 1 aliphatic rings. The highest BCUT2D eigenvalue weighted by molar-refractivity contribution is 6.29. The molecule has 6 nitrogen and oxygen atoms in total. The third-order valence-corrected chi connectivity index (χ3v) is 6.04. The molecule has 2 unspecified atom stereocenters. The fraction of sp³-hybridized carbons (Fsp3) is 0.458. The lowest BCUT2D eigenvalue weighted by atomic mass is 9.82. The number of aromatic nitrogens is 1. The number of unbranched alkanes of at least 4 members (excludes halogenated alkanes) is 1. The van der Waals surface area contributed by atoms with Crippen LogP contribution in [0.5, 0.6) is 5.75 Å². The Kier molecular flexibility index (Phi) is 7.91. The number of ether oxygens (including phenoxy) is 1. The highest BCUT2D eigenvalue weighted by Gasteiger charge is 2.42. The van der Waals surface area contributed by atoms with Gasteiger partial charge in [0.05, 0.1) is 19.1 Å². The van der Waals surface area contributed by atoms with Gasteiger partial charge in [-0.05, 0) is 30.5 Å². The Labute approximate surface area is 189 Å². The largest absolute Gasteiger partial charge is 0.496 e. The summed E-state index contributed by atoms with van der Waals surface area (Å²) in [5, 5.41) is 0.423. The molecule has 0 bridgehead atoms. The summed E-state index contributed by atoms with van der Waals surface area (Å²) in [5.41, 5.74) is 1.79. The number of halogens is 1. The molecule has 2 amide bonds. The van der Waals surface area contributed by atoms with Crippen molar-refractivity contribution in [2.75, 3.05) is 20.7 Å². The number of amides is 2. The number of piperidine rings is 1. The Bertz CT molecular complexity index is 903. The van der Waals surface area contributed by atoms with Gasteiger partial charge in [-0.15, -0.1) is 0 Å². The van der Waals surface area contributed by atoms with Crippen LogP contribution in [0.4, 0.5) is 0 Å². The molecule has 7 heteroatoms. The Morgan fingerprint density at radius 2 is 2.06 bits per heavy atom. The van der Waals surface area contributed by atoms with Crippen LogP contribution < -0.4 is 4.74 Å². The molecular weight excluding hydrogens is 414 g/mol. The van der Waals surface area contributed by atoms with Gasteiger partial charge in [0.1, 0.15) is 10.9 Å². The molecule has 2 atom stereocenters. The van der Waals surface area contributed by atoms with Gasteiger partial charge in [-0.2, -0.15) is 0 Å². The lowest BCUT2D eigenvalue weighted by Crippen LogP contribution is -2.48. The molecule has 1 aliphatic heterocycles. The van der Waals surface area contributed by atoms with Crippen LogP contribution >= 0.6 is 11.6 Å². The fourth-order valence-electron chi connectivity index (χ4n) is 4.23. The molecule has 0 spiro atoms. The van der Waals surface area contributed by atoms with E-state index in [4.69, 9.17) is 16.3 Å². The number of rotatable bonds is 8. The first-order valence-electron chi connectivity index (χ1n) is 10.7. The molecule has 0 aliphatic carbocycles. The highest BCUT2D eigenvalue weighted by atomic mass is 35.5. The normalized spacial score (nSPS) is 18.7. The third-order valence-electron chi connectivity index (χ3n) is 5.82. The van der Waals surface area contributed by atoms with Gasteiger partial charge in [-0.1, -0.05) is 49.2 Å². The molecule has 3 rings (SSSR count). The van der Waals surface area contributed by atoms with Gasteiger partial charge in [0.25, 0.3) is 0 Å². The first-order valence-corrected chi connectivity index (χ1v) is 11.1. The average Bonchev–Trinajstić information content (AvgIpc) is 2.79. The molecule has 2 aromatic rings. The van der Waals surface area contributed by atoms with Crippen molar-refractivity contribution in [2.45, 2.75) is 45.2 Å². The van der Waals surface area contributed by atoms with Gasteiger partial charge in [-0.25, -0.2) is 4.98 Å². The lowest BCUT2D eigenvalue weighted by molar-refractivity contribution is -0.147. The second-order valence-electron chi connectivity index (χ2n) is 7.96. The zero-order valence-corrected chi connectivity index (χ0v) is 19.1. The number of carbonyl (C=O) groups excluding carboxylic acids is 2. The number of benzene rings is 1. The summed E-state index contributed by atoms with van der Waals surface area (Å²) < 4.78 is 5.60. The minimum atomic E-state index is -0.345. The molecule has 1 fully saturated rings. The predicted molar refractivity (Wildman–Crippen MR) is 121 cm³/mol. The average molecular weight is 444 g/mol. The highest BCUT2D eigenvalue weighted by Crippen LogP contribution is 2.41. The van der Waals surface area contributed by atoms with Gasteiger partial charge in [0.15, 0.2) is 0 Å². The Balaban J connectivity index is 1.92. The first kappa shape index (κ1) is 23.1. The monoisotopic (exact) mass is 443 g/mol. The van der Waals surface area contributed by atoms with Gasteiger partial charge < -0.3 is 14.5 Å². The maximum Gasteiger partial charge on any atom is 0.228 e.